The summed E-state index contributed by atoms with van der Waals surface area (Å²) in [6, 6.07) is 5.43. The van der Waals surface area contributed by atoms with Crippen LogP contribution in [0, 0.1) is 12.8 Å². The van der Waals surface area contributed by atoms with Gasteiger partial charge >= 0.3 is 0 Å². The first-order chi connectivity index (χ1) is 11.0. The quantitative estimate of drug-likeness (QED) is 0.917. The highest BCUT2D eigenvalue weighted by Gasteiger charge is 2.35. The molecule has 0 saturated carbocycles. The Bertz CT molecular complexity index is 614. The fourth-order valence-corrected chi connectivity index (χ4v) is 3.43. The molecule has 1 aromatic carbocycles. The molecule has 0 aromatic heterocycles. The van der Waals surface area contributed by atoms with Gasteiger partial charge in [0.1, 0.15) is 0 Å². The number of anilines is 1. The van der Waals surface area contributed by atoms with Gasteiger partial charge in [0.15, 0.2) is 0 Å². The SMILES string of the molecule is Cc1cc(Cl)ccc1N1CC(C(=O)NCC2CCCO2)CC1=O. The van der Waals surface area contributed by atoms with Crippen LogP contribution in [0.15, 0.2) is 18.2 Å². The minimum atomic E-state index is -0.306. The molecule has 0 spiro atoms. The molecular formula is C17H21ClN2O3. The third-order valence-corrected chi connectivity index (χ3v) is 4.71. The zero-order valence-electron chi connectivity index (χ0n) is 13.2. The maximum Gasteiger partial charge on any atom is 0.227 e. The van der Waals surface area contributed by atoms with E-state index in [9.17, 15) is 9.59 Å². The van der Waals surface area contributed by atoms with Crippen molar-refractivity contribution in [2.45, 2.75) is 32.3 Å². The van der Waals surface area contributed by atoms with Gasteiger partial charge in [0.2, 0.25) is 11.8 Å². The number of hydrogen-bond donors (Lipinski definition) is 1. The Morgan fingerprint density at radius 3 is 3.00 bits per heavy atom. The van der Waals surface area contributed by atoms with Crippen LogP contribution in [0.1, 0.15) is 24.8 Å². The van der Waals surface area contributed by atoms with Gasteiger partial charge in [-0.05, 0) is 43.5 Å². The van der Waals surface area contributed by atoms with E-state index in [1.807, 2.05) is 19.1 Å². The van der Waals surface area contributed by atoms with Gasteiger partial charge in [-0.25, -0.2) is 0 Å². The van der Waals surface area contributed by atoms with Crippen molar-refractivity contribution < 1.29 is 14.3 Å². The van der Waals surface area contributed by atoms with Gasteiger partial charge < -0.3 is 15.0 Å². The molecule has 23 heavy (non-hydrogen) atoms. The molecule has 124 valence electrons. The minimum Gasteiger partial charge on any atom is -0.376 e. The van der Waals surface area contributed by atoms with Crippen LogP contribution in [0.25, 0.3) is 0 Å². The topological polar surface area (TPSA) is 58.6 Å². The molecule has 0 radical (unpaired) electrons. The monoisotopic (exact) mass is 336 g/mol. The molecule has 0 bridgehead atoms. The molecule has 2 heterocycles. The summed E-state index contributed by atoms with van der Waals surface area (Å²) in [4.78, 5) is 26.3. The van der Waals surface area contributed by atoms with E-state index in [4.69, 9.17) is 16.3 Å². The van der Waals surface area contributed by atoms with Crippen LogP contribution in [-0.4, -0.2) is 37.6 Å². The van der Waals surface area contributed by atoms with Gasteiger partial charge in [-0.1, -0.05) is 11.6 Å². The molecule has 6 heteroatoms. The van der Waals surface area contributed by atoms with Gasteiger partial charge in [0, 0.05) is 36.8 Å². The number of ether oxygens (including phenoxy) is 1. The van der Waals surface area contributed by atoms with Crippen molar-refractivity contribution in [3.63, 3.8) is 0 Å². The predicted octanol–water partition coefficient (Wildman–Crippen LogP) is 2.30. The Morgan fingerprint density at radius 2 is 2.30 bits per heavy atom. The second-order valence-corrected chi connectivity index (χ2v) is 6.65. The van der Waals surface area contributed by atoms with E-state index in [0.717, 1.165) is 30.7 Å². The van der Waals surface area contributed by atoms with Crippen molar-refractivity contribution in [3.8, 4) is 0 Å². The van der Waals surface area contributed by atoms with Crippen LogP contribution in [0.4, 0.5) is 5.69 Å². The van der Waals surface area contributed by atoms with E-state index in [0.29, 0.717) is 18.1 Å². The van der Waals surface area contributed by atoms with Crippen LogP contribution in [0.5, 0.6) is 0 Å². The molecule has 2 fully saturated rings. The van der Waals surface area contributed by atoms with Crippen molar-refractivity contribution in [3.05, 3.63) is 28.8 Å². The number of nitrogens with zero attached hydrogens (tertiary/aromatic N) is 1. The molecule has 1 N–H and O–H groups in total. The highest BCUT2D eigenvalue weighted by atomic mass is 35.5. The van der Waals surface area contributed by atoms with Crippen molar-refractivity contribution in [1.82, 2.24) is 5.32 Å². The van der Waals surface area contributed by atoms with E-state index in [1.54, 1.807) is 11.0 Å². The van der Waals surface area contributed by atoms with Crippen LogP contribution in [-0.2, 0) is 14.3 Å². The van der Waals surface area contributed by atoms with Gasteiger partial charge in [0.05, 0.1) is 12.0 Å². The van der Waals surface area contributed by atoms with Gasteiger partial charge in [-0.2, -0.15) is 0 Å². The van der Waals surface area contributed by atoms with Gasteiger partial charge in [0.25, 0.3) is 0 Å². The molecule has 2 atom stereocenters. The van der Waals surface area contributed by atoms with E-state index >= 15 is 0 Å². The molecular weight excluding hydrogens is 316 g/mol. The van der Waals surface area contributed by atoms with Gasteiger partial charge in [-0.3, -0.25) is 9.59 Å². The summed E-state index contributed by atoms with van der Waals surface area (Å²) in [7, 11) is 0. The normalized spacial score (nSPS) is 24.3. The summed E-state index contributed by atoms with van der Waals surface area (Å²) in [6.07, 6.45) is 2.40. The first kappa shape index (κ1) is 16.3. The molecule has 2 aliphatic heterocycles. The average molecular weight is 337 g/mol. The van der Waals surface area contributed by atoms with Crippen LogP contribution < -0.4 is 10.2 Å². The van der Waals surface area contributed by atoms with E-state index in [2.05, 4.69) is 5.32 Å². The van der Waals surface area contributed by atoms with E-state index in [-0.39, 0.29) is 30.3 Å². The Kier molecular flexibility index (Phi) is 4.87. The lowest BCUT2D eigenvalue weighted by Crippen LogP contribution is -2.37. The molecule has 2 saturated heterocycles. The number of rotatable bonds is 4. The lowest BCUT2D eigenvalue weighted by atomic mass is 10.1. The van der Waals surface area contributed by atoms with Crippen molar-refractivity contribution in [2.75, 3.05) is 24.6 Å². The zero-order chi connectivity index (χ0) is 16.4. The van der Waals surface area contributed by atoms with E-state index < -0.39 is 0 Å². The summed E-state index contributed by atoms with van der Waals surface area (Å²) in [5.74, 6) is -0.394. The standard InChI is InChI=1S/C17H21ClN2O3/c1-11-7-13(18)4-5-15(11)20-10-12(8-16(20)21)17(22)19-9-14-3-2-6-23-14/h4-5,7,12,14H,2-3,6,8-10H2,1H3,(H,19,22). The Hall–Kier alpha value is -1.59. The first-order valence-electron chi connectivity index (χ1n) is 8.00. The van der Waals surface area contributed by atoms with Gasteiger partial charge in [-0.15, -0.1) is 0 Å². The first-order valence-corrected chi connectivity index (χ1v) is 8.38. The highest BCUT2D eigenvalue weighted by molar-refractivity contribution is 6.30. The number of hydrogen-bond acceptors (Lipinski definition) is 3. The number of nitrogens with one attached hydrogen (secondary N) is 1. The molecule has 0 aliphatic carbocycles. The Morgan fingerprint density at radius 1 is 1.48 bits per heavy atom. The number of amides is 2. The molecule has 2 aliphatic rings. The third-order valence-electron chi connectivity index (χ3n) is 4.47. The maximum absolute atomic E-state index is 12.3. The number of aryl methyl sites for hydroxylation is 1. The minimum absolute atomic E-state index is 0.0207. The smallest absolute Gasteiger partial charge is 0.227 e. The largest absolute Gasteiger partial charge is 0.376 e. The number of carbonyl (C=O) groups is 2. The van der Waals surface area contributed by atoms with Crippen LogP contribution in [0.3, 0.4) is 0 Å². The Balaban J connectivity index is 1.61. The van der Waals surface area contributed by atoms with Crippen molar-refractivity contribution in [2.24, 2.45) is 5.92 Å². The molecule has 3 rings (SSSR count). The molecule has 1 aromatic rings. The Labute approximate surface area is 140 Å². The number of benzene rings is 1. The zero-order valence-corrected chi connectivity index (χ0v) is 13.9. The number of halogens is 1. The summed E-state index contributed by atoms with van der Waals surface area (Å²) in [5, 5.41) is 3.56. The number of carbonyl (C=O) groups excluding carboxylic acids is 2. The summed E-state index contributed by atoms with van der Waals surface area (Å²) < 4.78 is 5.50. The lowest BCUT2D eigenvalue weighted by molar-refractivity contribution is -0.126. The van der Waals surface area contributed by atoms with Crippen LogP contribution >= 0.6 is 11.6 Å². The summed E-state index contributed by atoms with van der Waals surface area (Å²) >= 11 is 5.96. The summed E-state index contributed by atoms with van der Waals surface area (Å²) in [6.45, 7) is 3.63. The maximum atomic E-state index is 12.3. The fourth-order valence-electron chi connectivity index (χ4n) is 3.20. The highest BCUT2D eigenvalue weighted by Crippen LogP contribution is 2.29. The lowest BCUT2D eigenvalue weighted by Gasteiger charge is -2.19. The average Bonchev–Trinajstić information content (AvgIpc) is 3.15. The fraction of sp³-hybridized carbons (Fsp3) is 0.529. The third kappa shape index (κ3) is 3.67. The molecule has 5 nitrogen and oxygen atoms in total. The molecule has 2 unspecified atom stereocenters. The summed E-state index contributed by atoms with van der Waals surface area (Å²) in [5.41, 5.74) is 1.76. The second kappa shape index (κ2) is 6.89. The second-order valence-electron chi connectivity index (χ2n) is 6.22. The van der Waals surface area contributed by atoms with Crippen LogP contribution in [0.2, 0.25) is 5.02 Å². The van der Waals surface area contributed by atoms with Crippen molar-refractivity contribution in [1.29, 1.82) is 0 Å². The predicted molar refractivity (Wildman–Crippen MR) is 88.6 cm³/mol. The van der Waals surface area contributed by atoms with E-state index in [1.165, 1.54) is 0 Å². The molecule has 2 amide bonds. The van der Waals surface area contributed by atoms with Crippen molar-refractivity contribution >= 4 is 29.1 Å².